The van der Waals surface area contributed by atoms with Crippen molar-refractivity contribution < 1.29 is 23.8 Å². The number of amides is 1. The predicted molar refractivity (Wildman–Crippen MR) is 162 cm³/mol. The number of aromatic nitrogens is 1. The van der Waals surface area contributed by atoms with E-state index in [1.165, 1.54) is 6.42 Å². The molecule has 0 unspecified atom stereocenters. The Morgan fingerprint density at radius 3 is 2.55 bits per heavy atom. The van der Waals surface area contributed by atoms with Crippen molar-refractivity contribution in [3.8, 4) is 17.0 Å². The maximum atomic E-state index is 15.5. The SMILES string of the molecule is Cc1ccc(OCc2ccc(C(=O)N3CCCCC3)cc2C)c(-c2nc(N3C[C@H]4CC[C@@H](C3)[C@H]4COCO)sc2F)c1. The first-order valence-electron chi connectivity index (χ1n) is 15.1. The van der Waals surface area contributed by atoms with Crippen molar-refractivity contribution in [3.05, 3.63) is 63.8 Å². The van der Waals surface area contributed by atoms with Gasteiger partial charge in [0.05, 0.1) is 6.61 Å². The van der Waals surface area contributed by atoms with E-state index in [4.69, 9.17) is 19.6 Å². The van der Waals surface area contributed by atoms with Gasteiger partial charge in [0, 0.05) is 37.3 Å². The van der Waals surface area contributed by atoms with E-state index in [9.17, 15) is 4.79 Å². The second-order valence-corrected chi connectivity index (χ2v) is 13.0. The number of ether oxygens (including phenoxy) is 2. The first-order valence-corrected chi connectivity index (χ1v) is 16.0. The summed E-state index contributed by atoms with van der Waals surface area (Å²) in [5.41, 5.74) is 4.68. The normalized spacial score (nSPS) is 22.0. The van der Waals surface area contributed by atoms with Crippen LogP contribution in [0.15, 0.2) is 36.4 Å². The fraction of sp³-hybridized carbons (Fsp3) is 0.515. The number of hydrogen-bond donors (Lipinski definition) is 1. The van der Waals surface area contributed by atoms with Crippen LogP contribution in [0.25, 0.3) is 11.3 Å². The number of nitrogens with zero attached hydrogens (tertiary/aromatic N) is 3. The van der Waals surface area contributed by atoms with E-state index in [2.05, 4.69) is 4.90 Å². The fourth-order valence-corrected chi connectivity index (χ4v) is 7.75. The molecule has 3 fully saturated rings. The summed E-state index contributed by atoms with van der Waals surface area (Å²) in [5.74, 6) is 2.05. The van der Waals surface area contributed by atoms with Gasteiger partial charge in [-0.3, -0.25) is 4.79 Å². The molecule has 1 amide bonds. The number of hydrogen-bond acceptors (Lipinski definition) is 7. The number of aliphatic hydroxyl groups excluding tert-OH is 1. The van der Waals surface area contributed by atoms with Gasteiger partial charge in [0.2, 0.25) is 5.13 Å². The third-order valence-electron chi connectivity index (χ3n) is 9.28. The van der Waals surface area contributed by atoms with Gasteiger partial charge in [-0.1, -0.05) is 29.0 Å². The van der Waals surface area contributed by atoms with Crippen LogP contribution in [0.3, 0.4) is 0 Å². The van der Waals surface area contributed by atoms with Gasteiger partial charge in [-0.25, -0.2) is 4.98 Å². The molecule has 224 valence electrons. The molecule has 2 saturated heterocycles. The smallest absolute Gasteiger partial charge is 0.253 e. The van der Waals surface area contributed by atoms with Gasteiger partial charge in [0.1, 0.15) is 24.8 Å². The molecule has 3 atom stereocenters. The first kappa shape index (κ1) is 29.1. The van der Waals surface area contributed by atoms with E-state index < -0.39 is 0 Å². The molecule has 0 spiro atoms. The average molecular weight is 594 g/mol. The summed E-state index contributed by atoms with van der Waals surface area (Å²) in [6.45, 7) is 7.94. The minimum Gasteiger partial charge on any atom is -0.488 e. The molecule has 2 bridgehead atoms. The zero-order valence-electron chi connectivity index (χ0n) is 24.5. The molecule has 3 aromatic rings. The lowest BCUT2D eigenvalue weighted by Crippen LogP contribution is -2.43. The van der Waals surface area contributed by atoms with Gasteiger partial charge in [-0.05, 0) is 99.1 Å². The van der Waals surface area contributed by atoms with Crippen molar-refractivity contribution in [3.63, 3.8) is 0 Å². The third-order valence-corrected chi connectivity index (χ3v) is 10.2. The van der Waals surface area contributed by atoms with Crippen molar-refractivity contribution in [2.45, 2.75) is 52.6 Å². The molecule has 42 heavy (non-hydrogen) atoms. The van der Waals surface area contributed by atoms with E-state index in [0.717, 1.165) is 79.9 Å². The Labute approximate surface area is 251 Å². The highest BCUT2D eigenvalue weighted by molar-refractivity contribution is 7.14. The van der Waals surface area contributed by atoms with E-state index >= 15 is 4.39 Å². The van der Waals surface area contributed by atoms with Gasteiger partial charge in [0.15, 0.2) is 5.13 Å². The molecule has 0 radical (unpaired) electrons. The van der Waals surface area contributed by atoms with Crippen molar-refractivity contribution in [1.29, 1.82) is 0 Å². The fourth-order valence-electron chi connectivity index (χ4n) is 6.93. The minimum atomic E-state index is -0.310. The number of fused-ring (bicyclic) bond motifs is 2. The van der Waals surface area contributed by atoms with Crippen LogP contribution >= 0.6 is 11.3 Å². The molecule has 2 aromatic carbocycles. The lowest BCUT2D eigenvalue weighted by Gasteiger charge is -2.37. The third kappa shape index (κ3) is 6.05. The van der Waals surface area contributed by atoms with Crippen molar-refractivity contribution in [1.82, 2.24) is 9.88 Å². The number of piperidine rings is 2. The maximum absolute atomic E-state index is 15.5. The number of halogens is 1. The summed E-state index contributed by atoms with van der Waals surface area (Å²) < 4.78 is 27.1. The van der Waals surface area contributed by atoms with E-state index in [1.54, 1.807) is 0 Å². The monoisotopic (exact) mass is 593 g/mol. The Hall–Kier alpha value is -3.01. The molecule has 2 aliphatic heterocycles. The predicted octanol–water partition coefficient (Wildman–Crippen LogP) is 6.20. The van der Waals surface area contributed by atoms with Crippen LogP contribution in [0.2, 0.25) is 0 Å². The molecule has 7 nitrogen and oxygen atoms in total. The Morgan fingerprint density at radius 2 is 1.83 bits per heavy atom. The molecule has 1 N–H and O–H groups in total. The van der Waals surface area contributed by atoms with E-state index in [0.29, 0.717) is 58.7 Å². The largest absolute Gasteiger partial charge is 0.488 e. The van der Waals surface area contributed by atoms with Crippen molar-refractivity contribution >= 4 is 22.4 Å². The number of carbonyl (C=O) groups is 1. The zero-order valence-corrected chi connectivity index (χ0v) is 25.3. The Kier molecular flexibility index (Phi) is 8.79. The standard InChI is InChI=1S/C33H40FN3O4S/c1-21-6-11-29(41-18-26-10-7-23(15-22(26)2)32(39)36-12-4-3-5-13-36)27(14-21)30-31(34)42-33(35-30)37-16-24-8-9-25(17-37)28(24)19-40-20-38/h6-7,10-11,14-15,24-25,28,38H,3-5,8-9,12-13,16-20H2,1-2H3/t24-,25+,28+. The van der Waals surface area contributed by atoms with Gasteiger partial charge in [-0.2, -0.15) is 4.39 Å². The van der Waals surface area contributed by atoms with Crippen LogP contribution in [-0.4, -0.2) is 60.5 Å². The lowest BCUT2D eigenvalue weighted by molar-refractivity contribution is -0.0315. The minimum absolute atomic E-state index is 0.0941. The second-order valence-electron chi connectivity index (χ2n) is 12.1. The highest BCUT2D eigenvalue weighted by Gasteiger charge is 2.43. The van der Waals surface area contributed by atoms with Crippen LogP contribution in [0.5, 0.6) is 5.75 Å². The summed E-state index contributed by atoms with van der Waals surface area (Å²) in [7, 11) is 0. The molecule has 3 heterocycles. The molecule has 3 aliphatic rings. The van der Waals surface area contributed by atoms with Crippen LogP contribution in [0, 0.1) is 36.7 Å². The van der Waals surface area contributed by atoms with Crippen LogP contribution in [-0.2, 0) is 11.3 Å². The van der Waals surface area contributed by atoms with Gasteiger partial charge in [-0.15, -0.1) is 0 Å². The Morgan fingerprint density at radius 1 is 1.07 bits per heavy atom. The van der Waals surface area contributed by atoms with E-state index in [-0.39, 0.29) is 17.8 Å². The Balaban J connectivity index is 1.17. The second kappa shape index (κ2) is 12.7. The lowest BCUT2D eigenvalue weighted by atomic mass is 9.86. The molecular formula is C33H40FN3O4S. The van der Waals surface area contributed by atoms with Gasteiger partial charge in [0.25, 0.3) is 5.91 Å². The number of carbonyl (C=O) groups excluding carboxylic acids is 1. The number of benzene rings is 2. The number of likely N-dealkylation sites (tertiary alicyclic amines) is 1. The van der Waals surface area contributed by atoms with Crippen LogP contribution in [0.1, 0.15) is 59.2 Å². The number of thiazole rings is 1. The Bertz CT molecular complexity index is 1410. The molecule has 9 heteroatoms. The molecule has 1 aliphatic carbocycles. The first-order chi connectivity index (χ1) is 20.4. The number of aliphatic hydroxyl groups is 1. The number of anilines is 1. The topological polar surface area (TPSA) is 75.1 Å². The van der Waals surface area contributed by atoms with Gasteiger partial charge < -0.3 is 24.4 Å². The van der Waals surface area contributed by atoms with E-state index in [1.807, 2.05) is 55.1 Å². The molecular weight excluding hydrogens is 553 g/mol. The van der Waals surface area contributed by atoms with Crippen molar-refractivity contribution in [2.24, 2.45) is 17.8 Å². The summed E-state index contributed by atoms with van der Waals surface area (Å²) >= 11 is 1.10. The highest BCUT2D eigenvalue weighted by Crippen LogP contribution is 2.45. The van der Waals surface area contributed by atoms with Crippen LogP contribution < -0.4 is 9.64 Å². The maximum Gasteiger partial charge on any atom is 0.253 e. The number of aryl methyl sites for hydroxylation is 2. The number of rotatable bonds is 9. The van der Waals surface area contributed by atoms with Gasteiger partial charge >= 0.3 is 0 Å². The summed E-state index contributed by atoms with van der Waals surface area (Å²) in [5, 5.41) is 9.49. The molecule has 1 aromatic heterocycles. The summed E-state index contributed by atoms with van der Waals surface area (Å²) in [6.07, 6.45) is 5.58. The zero-order chi connectivity index (χ0) is 29.2. The molecule has 6 rings (SSSR count). The summed E-state index contributed by atoms with van der Waals surface area (Å²) in [4.78, 5) is 21.9. The highest BCUT2D eigenvalue weighted by atomic mass is 32.1. The van der Waals surface area contributed by atoms with Crippen LogP contribution in [0.4, 0.5) is 9.52 Å². The summed E-state index contributed by atoms with van der Waals surface area (Å²) in [6, 6.07) is 11.6. The average Bonchev–Trinajstić information content (AvgIpc) is 3.50. The van der Waals surface area contributed by atoms with Crippen molar-refractivity contribution in [2.75, 3.05) is 44.5 Å². The quantitative estimate of drug-likeness (QED) is 0.298. The molecule has 1 saturated carbocycles.